The Kier molecular flexibility index (Phi) is 12.1. The van der Waals surface area contributed by atoms with Crippen molar-refractivity contribution in [3.63, 3.8) is 0 Å². The fourth-order valence-corrected chi connectivity index (χ4v) is 6.83. The molecule has 54 heavy (non-hydrogen) atoms. The first kappa shape index (κ1) is 39.6. The highest BCUT2D eigenvalue weighted by atomic mass is 16.6. The van der Waals surface area contributed by atoms with Crippen LogP contribution in [0.3, 0.4) is 0 Å². The Morgan fingerprint density at radius 2 is 0.889 bits per heavy atom. The molecule has 0 unspecified atom stereocenters. The fraction of sp³-hybridized carbons (Fsp3) is 0.364. The largest absolute Gasteiger partial charge is 0.461 e. The highest BCUT2D eigenvalue weighted by Gasteiger charge is 2.58. The molecule has 0 aliphatic carbocycles. The van der Waals surface area contributed by atoms with Gasteiger partial charge >= 0.3 is 23.9 Å². The Hall–Kier alpha value is -5.64. The summed E-state index contributed by atoms with van der Waals surface area (Å²) >= 11 is 0. The number of hydrogen-bond acceptors (Lipinski definition) is 10. The van der Waals surface area contributed by atoms with E-state index < -0.39 is 47.2 Å². The molecule has 10 nitrogen and oxygen atoms in total. The number of carbonyl (C=O) groups excluding carboxylic acids is 4. The third kappa shape index (κ3) is 9.10. The summed E-state index contributed by atoms with van der Waals surface area (Å²) in [5, 5.41) is 6.28. The molecular weight excluding hydrogens is 684 g/mol. The summed E-state index contributed by atoms with van der Waals surface area (Å²) in [6, 6.07) is 30.5. The third-order valence-corrected chi connectivity index (χ3v) is 9.06. The molecule has 0 amide bonds. The van der Waals surface area contributed by atoms with Crippen LogP contribution in [0.15, 0.2) is 97.1 Å². The van der Waals surface area contributed by atoms with Gasteiger partial charge in [0.15, 0.2) is 0 Å². The molecule has 2 aliphatic rings. The van der Waals surface area contributed by atoms with Gasteiger partial charge < -0.3 is 29.6 Å². The standard InChI is InChI=1S/2C22H25NO4/c2*1-14(2)26-20(24)22(23-18-11-15(3)10-16(4)12-18)13-19(27-21(22)25)17-8-6-5-7-9-17/h2*5-12,14,19,23H,13H2,1-4H3/t19-,22+;19-,22-/m11/s1. The van der Waals surface area contributed by atoms with E-state index in [1.54, 1.807) is 27.7 Å². The number of ether oxygens (including phenoxy) is 4. The van der Waals surface area contributed by atoms with Crippen molar-refractivity contribution < 1.29 is 38.1 Å². The molecule has 0 aromatic heterocycles. The molecule has 0 saturated carbocycles. The summed E-state index contributed by atoms with van der Waals surface area (Å²) in [7, 11) is 0. The van der Waals surface area contributed by atoms with Crippen molar-refractivity contribution in [3.05, 3.63) is 130 Å². The first-order valence-corrected chi connectivity index (χ1v) is 18.3. The van der Waals surface area contributed by atoms with E-state index in [1.165, 1.54) is 0 Å². The van der Waals surface area contributed by atoms with Crippen LogP contribution in [0.4, 0.5) is 11.4 Å². The second-order valence-corrected chi connectivity index (χ2v) is 14.7. The van der Waals surface area contributed by atoms with E-state index in [1.807, 2.05) is 125 Å². The van der Waals surface area contributed by atoms with Crippen molar-refractivity contribution in [2.75, 3.05) is 10.6 Å². The maximum absolute atomic E-state index is 13.0. The van der Waals surface area contributed by atoms with Crippen LogP contribution in [0.5, 0.6) is 0 Å². The molecule has 0 bridgehead atoms. The van der Waals surface area contributed by atoms with Crippen LogP contribution >= 0.6 is 0 Å². The van der Waals surface area contributed by atoms with Crippen LogP contribution < -0.4 is 10.6 Å². The van der Waals surface area contributed by atoms with Crippen molar-refractivity contribution >= 4 is 35.3 Å². The quantitative estimate of drug-likeness (QED) is 0.0935. The zero-order valence-electron chi connectivity index (χ0n) is 32.2. The SMILES string of the molecule is Cc1cc(C)cc(N[C@@]2(C(=O)OC(C)C)C[C@H](c3ccccc3)OC2=O)c1.Cc1cc(C)cc(N[C@]2(C(=O)OC(C)C)C[C@H](c3ccccc3)OC2=O)c1. The van der Waals surface area contributed by atoms with Crippen LogP contribution in [0.2, 0.25) is 0 Å². The van der Waals surface area contributed by atoms with Gasteiger partial charge in [0.05, 0.1) is 12.2 Å². The minimum absolute atomic E-state index is 0.175. The second kappa shape index (κ2) is 16.6. The monoisotopic (exact) mass is 734 g/mol. The second-order valence-electron chi connectivity index (χ2n) is 14.7. The molecule has 6 rings (SSSR count). The van der Waals surface area contributed by atoms with Gasteiger partial charge in [0.1, 0.15) is 12.2 Å². The summed E-state index contributed by atoms with van der Waals surface area (Å²) in [4.78, 5) is 51.7. The average molecular weight is 735 g/mol. The van der Waals surface area contributed by atoms with Gasteiger partial charge in [-0.2, -0.15) is 0 Å². The van der Waals surface area contributed by atoms with Gasteiger partial charge in [0.25, 0.3) is 0 Å². The van der Waals surface area contributed by atoms with E-state index in [2.05, 4.69) is 10.6 Å². The number of anilines is 2. The van der Waals surface area contributed by atoms with E-state index in [0.717, 1.165) is 33.4 Å². The van der Waals surface area contributed by atoms with Crippen molar-refractivity contribution in [2.24, 2.45) is 0 Å². The number of cyclic esters (lactones) is 2. The van der Waals surface area contributed by atoms with Crippen molar-refractivity contribution in [2.45, 2.75) is 104 Å². The van der Waals surface area contributed by atoms with Gasteiger partial charge in [0, 0.05) is 24.2 Å². The zero-order chi connectivity index (χ0) is 39.2. The van der Waals surface area contributed by atoms with Gasteiger partial charge in [0.2, 0.25) is 11.1 Å². The highest BCUT2D eigenvalue weighted by molar-refractivity contribution is 6.10. The smallest absolute Gasteiger partial charge is 0.344 e. The molecule has 4 atom stereocenters. The molecule has 0 radical (unpaired) electrons. The Morgan fingerprint density at radius 1 is 0.574 bits per heavy atom. The Labute approximate surface area is 317 Å². The number of carbonyl (C=O) groups is 4. The first-order valence-electron chi connectivity index (χ1n) is 18.3. The number of nitrogens with one attached hydrogen (secondary N) is 2. The lowest BCUT2D eigenvalue weighted by Crippen LogP contribution is -2.52. The molecule has 0 spiro atoms. The lowest BCUT2D eigenvalue weighted by atomic mass is 9.91. The van der Waals surface area contributed by atoms with Gasteiger partial charge in [-0.3, -0.25) is 0 Å². The van der Waals surface area contributed by atoms with E-state index in [4.69, 9.17) is 18.9 Å². The van der Waals surface area contributed by atoms with Crippen LogP contribution in [-0.4, -0.2) is 47.2 Å². The molecule has 10 heteroatoms. The molecule has 2 aliphatic heterocycles. The third-order valence-electron chi connectivity index (χ3n) is 9.06. The molecule has 2 saturated heterocycles. The van der Waals surface area contributed by atoms with Crippen molar-refractivity contribution in [1.82, 2.24) is 0 Å². The van der Waals surface area contributed by atoms with Crippen LogP contribution in [0.1, 0.15) is 86.1 Å². The first-order chi connectivity index (χ1) is 25.6. The lowest BCUT2D eigenvalue weighted by molar-refractivity contribution is -0.161. The molecular formula is C44H50N2O8. The summed E-state index contributed by atoms with van der Waals surface area (Å²) in [5.41, 5.74) is 4.12. The summed E-state index contributed by atoms with van der Waals surface area (Å²) in [6.45, 7) is 14.9. The summed E-state index contributed by atoms with van der Waals surface area (Å²) in [6.07, 6.45) is -1.32. The maximum Gasteiger partial charge on any atom is 0.344 e. The predicted molar refractivity (Wildman–Crippen MR) is 207 cm³/mol. The van der Waals surface area contributed by atoms with Crippen molar-refractivity contribution in [1.29, 1.82) is 0 Å². The van der Waals surface area contributed by atoms with E-state index >= 15 is 0 Å². The molecule has 284 valence electrons. The van der Waals surface area contributed by atoms with Gasteiger partial charge in [-0.25, -0.2) is 19.2 Å². The Morgan fingerprint density at radius 3 is 1.19 bits per heavy atom. The summed E-state index contributed by atoms with van der Waals surface area (Å²) < 4.78 is 22.0. The molecule has 2 heterocycles. The Bertz CT molecular complexity index is 1800. The number of hydrogen-bond donors (Lipinski definition) is 2. The van der Waals surface area contributed by atoms with E-state index in [-0.39, 0.29) is 25.0 Å². The highest BCUT2D eigenvalue weighted by Crippen LogP contribution is 2.41. The fourth-order valence-electron chi connectivity index (χ4n) is 6.83. The van der Waals surface area contributed by atoms with Crippen LogP contribution in [0.25, 0.3) is 0 Å². The normalized spacial score (nSPS) is 21.8. The van der Waals surface area contributed by atoms with E-state index in [0.29, 0.717) is 11.4 Å². The van der Waals surface area contributed by atoms with Gasteiger partial charge in [-0.05, 0) is 113 Å². The zero-order valence-corrected chi connectivity index (χ0v) is 32.2. The molecule has 2 fully saturated rings. The molecule has 2 N–H and O–H groups in total. The number of benzene rings is 4. The lowest BCUT2D eigenvalue weighted by Gasteiger charge is -2.26. The topological polar surface area (TPSA) is 129 Å². The number of esters is 4. The number of aryl methyl sites for hydroxylation is 4. The number of rotatable bonds is 10. The molecule has 4 aromatic rings. The Balaban J connectivity index is 0.000000208. The van der Waals surface area contributed by atoms with Crippen LogP contribution in [-0.2, 0) is 38.1 Å². The maximum atomic E-state index is 13.0. The molecule has 4 aromatic carbocycles. The van der Waals surface area contributed by atoms with E-state index in [9.17, 15) is 19.2 Å². The predicted octanol–water partition coefficient (Wildman–Crippen LogP) is 8.19. The summed E-state index contributed by atoms with van der Waals surface area (Å²) in [5.74, 6) is -2.44. The minimum Gasteiger partial charge on any atom is -0.461 e. The van der Waals surface area contributed by atoms with Crippen molar-refractivity contribution in [3.8, 4) is 0 Å². The van der Waals surface area contributed by atoms with Gasteiger partial charge in [-0.15, -0.1) is 0 Å². The minimum atomic E-state index is -1.56. The van der Waals surface area contributed by atoms with Gasteiger partial charge in [-0.1, -0.05) is 72.8 Å². The van der Waals surface area contributed by atoms with Crippen LogP contribution in [0, 0.1) is 27.7 Å². The average Bonchev–Trinajstić information content (AvgIpc) is 3.61.